The summed E-state index contributed by atoms with van der Waals surface area (Å²) in [4.78, 5) is 23.9. The molecule has 0 bridgehead atoms. The van der Waals surface area contributed by atoms with Crippen molar-refractivity contribution in [1.82, 2.24) is 10.3 Å². The number of carbonyl (C=O) groups is 1. The number of carbonyl (C=O) groups excluding carboxylic acids is 1. The Hall–Kier alpha value is -2.54. The van der Waals surface area contributed by atoms with Crippen LogP contribution in [0.15, 0.2) is 58.4 Å². The van der Waals surface area contributed by atoms with E-state index in [0.717, 1.165) is 22.3 Å². The third kappa shape index (κ3) is 4.24. The number of halogens is 2. The summed E-state index contributed by atoms with van der Waals surface area (Å²) in [5, 5.41) is 5.05. The van der Waals surface area contributed by atoms with Crippen LogP contribution in [0.5, 0.6) is 0 Å². The summed E-state index contributed by atoms with van der Waals surface area (Å²) < 4.78 is 0. The number of para-hydroxylation sites is 1. The Morgan fingerprint density at radius 3 is 2.59 bits per heavy atom. The largest absolute Gasteiger partial charge is 0.363 e. The second-order valence-electron chi connectivity index (χ2n) is 6.57. The van der Waals surface area contributed by atoms with Crippen molar-refractivity contribution in [1.29, 1.82) is 0 Å². The van der Waals surface area contributed by atoms with E-state index in [0.29, 0.717) is 25.8 Å². The maximum Gasteiger partial charge on any atom is 0.264 e. The van der Waals surface area contributed by atoms with Gasteiger partial charge in [-0.2, -0.15) is 0 Å². The van der Waals surface area contributed by atoms with Crippen LogP contribution in [0.4, 0.5) is 11.5 Å². The number of aromatic nitrogens is 1. The predicted molar refractivity (Wildman–Crippen MR) is 123 cm³/mol. The van der Waals surface area contributed by atoms with Gasteiger partial charge < -0.3 is 10.2 Å². The van der Waals surface area contributed by atoms with Crippen molar-refractivity contribution in [2.45, 2.75) is 0 Å². The molecule has 1 saturated heterocycles. The fourth-order valence-electron chi connectivity index (χ4n) is 2.80. The van der Waals surface area contributed by atoms with E-state index in [9.17, 15) is 4.79 Å². The number of nitrogens with zero attached hydrogens (tertiary/aromatic N) is 3. The highest BCUT2D eigenvalue weighted by atomic mass is 35.5. The molecule has 4 rings (SSSR count). The standard InChI is InChI=1S/C21H16Cl2N4OS/c1-27(2)18-9-7-13-10-12(6-8-16(13)24-18)11-17-20(28)26-21(29-17)25-19-14(22)4-3-5-15(19)23/h3-11H,1-2H3,(H,25,26,28)/b17-11+. The van der Waals surface area contributed by atoms with Gasteiger partial charge in [0.15, 0.2) is 5.17 Å². The molecule has 0 aliphatic carbocycles. The number of rotatable bonds is 3. The van der Waals surface area contributed by atoms with Crippen LogP contribution in [0.25, 0.3) is 17.0 Å². The number of hydrogen-bond donors (Lipinski definition) is 1. The second kappa shape index (κ2) is 8.06. The molecule has 1 N–H and O–H groups in total. The van der Waals surface area contributed by atoms with Gasteiger partial charge >= 0.3 is 0 Å². The summed E-state index contributed by atoms with van der Waals surface area (Å²) in [6, 6.07) is 15.0. The second-order valence-corrected chi connectivity index (χ2v) is 8.41. The van der Waals surface area contributed by atoms with E-state index < -0.39 is 0 Å². The third-order valence-electron chi connectivity index (χ3n) is 4.26. The predicted octanol–water partition coefficient (Wildman–Crippen LogP) is 5.50. The average molecular weight is 443 g/mol. The van der Waals surface area contributed by atoms with Gasteiger partial charge in [0.1, 0.15) is 11.5 Å². The van der Waals surface area contributed by atoms with Crippen molar-refractivity contribution in [3.63, 3.8) is 0 Å². The van der Waals surface area contributed by atoms with Crippen LogP contribution in [0.3, 0.4) is 0 Å². The van der Waals surface area contributed by atoms with Gasteiger partial charge in [0.05, 0.1) is 20.5 Å². The average Bonchev–Trinajstić information content (AvgIpc) is 3.03. The molecule has 1 fully saturated rings. The molecule has 1 amide bonds. The zero-order chi connectivity index (χ0) is 20.5. The number of anilines is 1. The van der Waals surface area contributed by atoms with Crippen molar-refractivity contribution in [3.8, 4) is 0 Å². The van der Waals surface area contributed by atoms with Gasteiger partial charge in [-0.3, -0.25) is 4.79 Å². The molecule has 3 aromatic rings. The zero-order valence-corrected chi connectivity index (χ0v) is 17.9. The topological polar surface area (TPSA) is 57.6 Å². The molecule has 29 heavy (non-hydrogen) atoms. The minimum absolute atomic E-state index is 0.210. The van der Waals surface area contributed by atoms with E-state index in [1.165, 1.54) is 11.8 Å². The van der Waals surface area contributed by atoms with E-state index in [-0.39, 0.29) is 5.91 Å². The van der Waals surface area contributed by atoms with E-state index in [2.05, 4.69) is 15.3 Å². The first-order chi connectivity index (χ1) is 13.9. The summed E-state index contributed by atoms with van der Waals surface area (Å²) in [6.45, 7) is 0. The first-order valence-corrected chi connectivity index (χ1v) is 10.3. The van der Waals surface area contributed by atoms with E-state index in [4.69, 9.17) is 23.2 Å². The quantitative estimate of drug-likeness (QED) is 0.544. The summed E-state index contributed by atoms with van der Waals surface area (Å²) in [6.07, 6.45) is 1.83. The van der Waals surface area contributed by atoms with Crippen LogP contribution >= 0.6 is 35.0 Å². The number of pyridine rings is 1. The Morgan fingerprint density at radius 2 is 1.86 bits per heavy atom. The lowest BCUT2D eigenvalue weighted by Crippen LogP contribution is -2.19. The van der Waals surface area contributed by atoms with Crippen LogP contribution in [0.2, 0.25) is 10.0 Å². The number of amidine groups is 1. The monoisotopic (exact) mass is 442 g/mol. The molecule has 0 radical (unpaired) electrons. The number of fused-ring (bicyclic) bond motifs is 1. The summed E-state index contributed by atoms with van der Waals surface area (Å²) in [5.74, 6) is 0.687. The number of thioether (sulfide) groups is 1. The first kappa shape index (κ1) is 19.8. The molecule has 0 atom stereocenters. The molecular formula is C21H16Cl2N4OS. The normalized spacial score (nSPS) is 16.6. The van der Waals surface area contributed by atoms with Crippen LogP contribution in [0.1, 0.15) is 5.56 Å². The Kier molecular flexibility index (Phi) is 5.50. The van der Waals surface area contributed by atoms with E-state index in [1.807, 2.05) is 55.4 Å². The Balaban J connectivity index is 1.62. The summed E-state index contributed by atoms with van der Waals surface area (Å²) in [5.41, 5.74) is 2.25. The number of benzene rings is 2. The smallest absolute Gasteiger partial charge is 0.264 e. The molecule has 1 aromatic heterocycles. The molecule has 146 valence electrons. The number of hydrogen-bond acceptors (Lipinski definition) is 5. The summed E-state index contributed by atoms with van der Waals surface area (Å²) >= 11 is 13.6. The Labute approximate surface area is 182 Å². The molecule has 0 unspecified atom stereocenters. The molecule has 2 heterocycles. The van der Waals surface area contributed by atoms with Crippen molar-refractivity contribution in [3.05, 3.63) is 69.0 Å². The van der Waals surface area contributed by atoms with E-state index in [1.54, 1.807) is 18.2 Å². The minimum Gasteiger partial charge on any atom is -0.363 e. The lowest BCUT2D eigenvalue weighted by Gasteiger charge is -2.11. The lowest BCUT2D eigenvalue weighted by molar-refractivity contribution is -0.115. The van der Waals surface area contributed by atoms with Crippen molar-refractivity contribution in [2.24, 2.45) is 4.99 Å². The molecular weight excluding hydrogens is 427 g/mol. The highest BCUT2D eigenvalue weighted by Gasteiger charge is 2.24. The van der Waals surface area contributed by atoms with Gasteiger partial charge in [0, 0.05) is 19.5 Å². The molecule has 1 aliphatic rings. The molecule has 5 nitrogen and oxygen atoms in total. The van der Waals surface area contributed by atoms with Gasteiger partial charge in [-0.25, -0.2) is 9.98 Å². The third-order valence-corrected chi connectivity index (χ3v) is 5.78. The van der Waals surface area contributed by atoms with Gasteiger partial charge in [0.2, 0.25) is 0 Å². The highest BCUT2D eigenvalue weighted by Crippen LogP contribution is 2.35. The van der Waals surface area contributed by atoms with Crippen LogP contribution < -0.4 is 10.2 Å². The first-order valence-electron chi connectivity index (χ1n) is 8.72. The van der Waals surface area contributed by atoms with Gasteiger partial charge in [0.25, 0.3) is 5.91 Å². The van der Waals surface area contributed by atoms with Crippen molar-refractivity contribution in [2.75, 3.05) is 19.0 Å². The van der Waals surface area contributed by atoms with Crippen LogP contribution in [-0.2, 0) is 4.79 Å². The molecule has 0 saturated carbocycles. The number of amides is 1. The fraction of sp³-hybridized carbons (Fsp3) is 0.0952. The lowest BCUT2D eigenvalue weighted by atomic mass is 10.1. The Morgan fingerprint density at radius 1 is 1.10 bits per heavy atom. The SMILES string of the molecule is CN(C)c1ccc2cc(/C=C3/SC(=Nc4c(Cl)cccc4Cl)NC3=O)ccc2n1. The Bertz CT molecular complexity index is 1170. The maximum absolute atomic E-state index is 12.4. The van der Waals surface area contributed by atoms with Crippen molar-refractivity contribution >= 4 is 74.5 Å². The molecule has 8 heteroatoms. The van der Waals surface area contributed by atoms with Crippen molar-refractivity contribution < 1.29 is 4.79 Å². The molecule has 1 aliphatic heterocycles. The van der Waals surface area contributed by atoms with Gasteiger partial charge in [-0.05, 0) is 59.8 Å². The van der Waals surface area contributed by atoms with Gasteiger partial charge in [-0.1, -0.05) is 35.3 Å². The van der Waals surface area contributed by atoms with Crippen LogP contribution in [0, 0.1) is 0 Å². The molecule has 2 aromatic carbocycles. The minimum atomic E-state index is -0.210. The maximum atomic E-state index is 12.4. The summed E-state index contributed by atoms with van der Waals surface area (Å²) in [7, 11) is 3.91. The number of nitrogens with one attached hydrogen (secondary N) is 1. The van der Waals surface area contributed by atoms with Gasteiger partial charge in [-0.15, -0.1) is 0 Å². The molecule has 0 spiro atoms. The van der Waals surface area contributed by atoms with E-state index >= 15 is 0 Å². The zero-order valence-electron chi connectivity index (χ0n) is 15.6. The van der Waals surface area contributed by atoms with Crippen LogP contribution in [-0.4, -0.2) is 30.2 Å². The fourth-order valence-corrected chi connectivity index (χ4v) is 4.11. The number of aliphatic imine (C=N–C) groups is 1. The highest BCUT2D eigenvalue weighted by molar-refractivity contribution is 8.18.